The minimum absolute atomic E-state index is 0.0235. The molecule has 1 aliphatic carbocycles. The van der Waals surface area contributed by atoms with E-state index in [0.717, 1.165) is 28.8 Å². The lowest BCUT2D eigenvalue weighted by molar-refractivity contribution is -0.115. The van der Waals surface area contributed by atoms with E-state index in [0.29, 0.717) is 6.54 Å². The third-order valence-electron chi connectivity index (χ3n) is 4.16. The van der Waals surface area contributed by atoms with Crippen molar-refractivity contribution in [3.8, 4) is 0 Å². The van der Waals surface area contributed by atoms with Gasteiger partial charge in [-0.05, 0) is 40.1 Å². The summed E-state index contributed by atoms with van der Waals surface area (Å²) in [6.45, 7) is 0.583. The fraction of sp³-hybridized carbons (Fsp3) is 0.100. The lowest BCUT2D eigenvalue weighted by Crippen LogP contribution is -2.26. The molecule has 1 amide bonds. The summed E-state index contributed by atoms with van der Waals surface area (Å²) in [7, 11) is 0. The predicted molar refractivity (Wildman–Crippen MR) is 92.8 cm³/mol. The molecule has 0 spiro atoms. The summed E-state index contributed by atoms with van der Waals surface area (Å²) in [5.41, 5.74) is 3.87. The largest absolute Gasteiger partial charge is 0.352 e. The number of carbonyl (C=O) groups excluding carboxylic acids is 1. The molecule has 1 N–H and O–H groups in total. The fourth-order valence-corrected chi connectivity index (χ4v) is 3.08. The predicted octanol–water partition coefficient (Wildman–Crippen LogP) is 3.45. The minimum Gasteiger partial charge on any atom is -0.352 e. The van der Waals surface area contributed by atoms with Crippen LogP contribution in [0.2, 0.25) is 0 Å². The van der Waals surface area contributed by atoms with Crippen LogP contribution in [-0.2, 0) is 11.2 Å². The molecule has 0 unspecified atom stereocenters. The Balaban J connectivity index is 1.51. The van der Waals surface area contributed by atoms with Gasteiger partial charge in [0, 0.05) is 30.4 Å². The quantitative estimate of drug-likeness (QED) is 0.802. The van der Waals surface area contributed by atoms with Crippen molar-refractivity contribution in [1.29, 1.82) is 0 Å². The first-order valence-corrected chi connectivity index (χ1v) is 7.75. The maximum absolute atomic E-state index is 12.5. The van der Waals surface area contributed by atoms with E-state index in [1.165, 1.54) is 10.8 Å². The Hall–Kier alpha value is -2.94. The van der Waals surface area contributed by atoms with Crippen molar-refractivity contribution in [2.75, 3.05) is 6.54 Å². The second-order valence-electron chi connectivity index (χ2n) is 5.64. The first-order chi connectivity index (χ1) is 11.3. The second-order valence-corrected chi connectivity index (χ2v) is 5.64. The highest BCUT2D eigenvalue weighted by atomic mass is 16.1. The fourth-order valence-electron chi connectivity index (χ4n) is 3.08. The van der Waals surface area contributed by atoms with E-state index in [1.54, 1.807) is 6.20 Å². The van der Waals surface area contributed by atoms with E-state index in [-0.39, 0.29) is 5.91 Å². The first kappa shape index (κ1) is 13.7. The van der Waals surface area contributed by atoms with Gasteiger partial charge in [0.1, 0.15) is 0 Å². The molecule has 1 aliphatic rings. The van der Waals surface area contributed by atoms with Crippen molar-refractivity contribution < 1.29 is 4.79 Å². The van der Waals surface area contributed by atoms with Gasteiger partial charge in [-0.1, -0.05) is 42.5 Å². The van der Waals surface area contributed by atoms with Crippen LogP contribution < -0.4 is 5.32 Å². The zero-order chi connectivity index (χ0) is 15.6. The highest BCUT2D eigenvalue weighted by molar-refractivity contribution is 6.31. The molecule has 0 radical (unpaired) electrons. The number of hydrogen-bond donors (Lipinski definition) is 1. The van der Waals surface area contributed by atoms with E-state index >= 15 is 0 Å². The highest BCUT2D eigenvalue weighted by Gasteiger charge is 2.21. The Kier molecular flexibility index (Phi) is 3.39. The van der Waals surface area contributed by atoms with Crippen LogP contribution in [0.5, 0.6) is 0 Å². The zero-order valence-corrected chi connectivity index (χ0v) is 12.6. The van der Waals surface area contributed by atoms with E-state index < -0.39 is 0 Å². The van der Waals surface area contributed by atoms with Gasteiger partial charge in [-0.25, -0.2) is 0 Å². The normalized spacial score (nSPS) is 12.3. The van der Waals surface area contributed by atoms with Crippen molar-refractivity contribution in [3.05, 3.63) is 77.6 Å². The van der Waals surface area contributed by atoms with Gasteiger partial charge < -0.3 is 5.32 Å². The van der Waals surface area contributed by atoms with Gasteiger partial charge >= 0.3 is 0 Å². The van der Waals surface area contributed by atoms with Crippen LogP contribution in [0.1, 0.15) is 16.8 Å². The van der Waals surface area contributed by atoms with Gasteiger partial charge in [-0.3, -0.25) is 9.78 Å². The number of aromatic nitrogens is 1. The molecule has 112 valence electrons. The molecular weight excluding hydrogens is 284 g/mol. The molecular formula is C20H16N2O. The zero-order valence-electron chi connectivity index (χ0n) is 12.6. The molecule has 3 aromatic rings. The Morgan fingerprint density at radius 2 is 1.87 bits per heavy atom. The summed E-state index contributed by atoms with van der Waals surface area (Å²) in [4.78, 5) is 16.8. The molecule has 0 saturated heterocycles. The molecule has 1 aromatic heterocycles. The Morgan fingerprint density at radius 3 is 2.70 bits per heavy atom. The summed E-state index contributed by atoms with van der Waals surface area (Å²) in [5.74, 6) is -0.0235. The summed E-state index contributed by atoms with van der Waals surface area (Å²) >= 11 is 0. The summed E-state index contributed by atoms with van der Waals surface area (Å²) in [6.07, 6.45) is 4.48. The van der Waals surface area contributed by atoms with E-state index in [2.05, 4.69) is 28.5 Å². The third kappa shape index (κ3) is 2.50. The molecule has 0 bridgehead atoms. The van der Waals surface area contributed by atoms with Crippen molar-refractivity contribution in [2.24, 2.45) is 0 Å². The monoisotopic (exact) mass is 300 g/mol. The molecule has 3 heteroatoms. The van der Waals surface area contributed by atoms with Gasteiger partial charge in [-0.15, -0.1) is 0 Å². The first-order valence-electron chi connectivity index (χ1n) is 7.75. The molecule has 0 atom stereocenters. The van der Waals surface area contributed by atoms with Crippen molar-refractivity contribution >= 4 is 28.3 Å². The lowest BCUT2D eigenvalue weighted by atomic mass is 10.0. The molecule has 0 fully saturated rings. The summed E-state index contributed by atoms with van der Waals surface area (Å²) < 4.78 is 0. The highest BCUT2D eigenvalue weighted by Crippen LogP contribution is 2.36. The van der Waals surface area contributed by atoms with E-state index in [4.69, 9.17) is 0 Å². The number of carbonyl (C=O) groups is 1. The Morgan fingerprint density at radius 1 is 1.00 bits per heavy atom. The van der Waals surface area contributed by atoms with Crippen molar-refractivity contribution in [1.82, 2.24) is 10.3 Å². The van der Waals surface area contributed by atoms with Crippen LogP contribution in [-0.4, -0.2) is 17.4 Å². The summed E-state index contributed by atoms with van der Waals surface area (Å²) in [5, 5.41) is 5.35. The molecule has 0 aliphatic heterocycles. The van der Waals surface area contributed by atoms with Crippen LogP contribution in [0.3, 0.4) is 0 Å². The van der Waals surface area contributed by atoms with Crippen LogP contribution >= 0.6 is 0 Å². The van der Waals surface area contributed by atoms with Gasteiger partial charge in [0.15, 0.2) is 0 Å². The molecule has 0 saturated carbocycles. The van der Waals surface area contributed by atoms with Gasteiger partial charge in [-0.2, -0.15) is 0 Å². The van der Waals surface area contributed by atoms with E-state index in [9.17, 15) is 4.79 Å². The number of benzene rings is 2. The number of pyridine rings is 1. The molecule has 2 aromatic carbocycles. The van der Waals surface area contributed by atoms with Gasteiger partial charge in [0.25, 0.3) is 5.91 Å². The smallest absolute Gasteiger partial charge is 0.251 e. The number of rotatable bonds is 4. The number of nitrogens with one attached hydrogen (secondary N) is 1. The average Bonchev–Trinajstić information content (AvgIpc) is 2.97. The Labute approximate surface area is 134 Å². The second kappa shape index (κ2) is 5.69. The lowest BCUT2D eigenvalue weighted by Gasteiger charge is -2.07. The minimum atomic E-state index is -0.0235. The standard InChI is InChI=1S/C20H16N2O/c23-20(22-12-10-16-8-1-2-11-21-16)18-13-15-7-3-5-14-6-4-9-17(18)19(14)15/h1-9,11,13H,10,12H2,(H,22,23). The van der Waals surface area contributed by atoms with Crippen molar-refractivity contribution in [2.45, 2.75) is 6.42 Å². The molecule has 23 heavy (non-hydrogen) atoms. The van der Waals surface area contributed by atoms with E-state index in [1.807, 2.05) is 42.5 Å². The molecule has 1 heterocycles. The summed E-state index contributed by atoms with van der Waals surface area (Å²) in [6, 6.07) is 18.1. The van der Waals surface area contributed by atoms with Crippen LogP contribution in [0, 0.1) is 0 Å². The van der Waals surface area contributed by atoms with Crippen LogP contribution in [0.4, 0.5) is 0 Å². The van der Waals surface area contributed by atoms with Crippen molar-refractivity contribution in [3.63, 3.8) is 0 Å². The number of nitrogens with zero attached hydrogens (tertiary/aromatic N) is 1. The topological polar surface area (TPSA) is 42.0 Å². The number of amides is 1. The SMILES string of the molecule is O=C(NCCc1ccccn1)C1=Cc2cccc3cccc1c23. The Bertz CT molecular complexity index is 908. The van der Waals surface area contributed by atoms with Gasteiger partial charge in [0.2, 0.25) is 0 Å². The van der Waals surface area contributed by atoms with Crippen LogP contribution in [0.15, 0.2) is 60.8 Å². The molecule has 3 nitrogen and oxygen atoms in total. The molecule has 4 rings (SSSR count). The van der Waals surface area contributed by atoms with Gasteiger partial charge in [0.05, 0.1) is 0 Å². The maximum Gasteiger partial charge on any atom is 0.251 e. The maximum atomic E-state index is 12.5. The average molecular weight is 300 g/mol. The third-order valence-corrected chi connectivity index (χ3v) is 4.16. The van der Waals surface area contributed by atoms with Crippen LogP contribution in [0.25, 0.3) is 22.4 Å². The number of hydrogen-bond acceptors (Lipinski definition) is 2.